The summed E-state index contributed by atoms with van der Waals surface area (Å²) in [6, 6.07) is 13.0. The molecule has 1 amide bonds. The number of nitrogens with one attached hydrogen (secondary N) is 1. The maximum Gasteiger partial charge on any atom is 0.257 e. The Morgan fingerprint density at radius 3 is 2.61 bits per heavy atom. The highest BCUT2D eigenvalue weighted by Crippen LogP contribution is 2.20. The molecule has 3 aromatic rings. The molecule has 0 aliphatic heterocycles. The smallest absolute Gasteiger partial charge is 0.257 e. The van der Waals surface area contributed by atoms with Crippen molar-refractivity contribution in [1.82, 2.24) is 10.2 Å². The number of aromatic nitrogens is 2. The Labute approximate surface area is 141 Å². The van der Waals surface area contributed by atoms with Crippen LogP contribution in [-0.4, -0.2) is 16.1 Å². The van der Waals surface area contributed by atoms with Crippen molar-refractivity contribution in [2.75, 3.05) is 5.32 Å². The number of carbonyl (C=O) groups is 1. The molecule has 7 heteroatoms. The molecule has 0 saturated heterocycles. The van der Waals surface area contributed by atoms with Crippen molar-refractivity contribution >= 4 is 34.0 Å². The van der Waals surface area contributed by atoms with Gasteiger partial charge in [0, 0.05) is 17.0 Å². The Bertz CT molecular complexity index is 835. The fraction of sp³-hybridized carbons (Fsp3) is 0.0625. The summed E-state index contributed by atoms with van der Waals surface area (Å²) in [6.07, 6.45) is 0.334. The number of hydrogen-bond acceptors (Lipinski definition) is 4. The Hall–Kier alpha value is -2.31. The van der Waals surface area contributed by atoms with Gasteiger partial charge in [0.2, 0.25) is 5.13 Å². The number of halogens is 2. The first kappa shape index (κ1) is 15.6. The molecule has 1 heterocycles. The fourth-order valence-electron chi connectivity index (χ4n) is 1.95. The molecule has 0 bridgehead atoms. The van der Waals surface area contributed by atoms with E-state index < -0.39 is 0 Å². The molecule has 116 valence electrons. The van der Waals surface area contributed by atoms with Crippen LogP contribution in [0.3, 0.4) is 0 Å². The van der Waals surface area contributed by atoms with Crippen LogP contribution in [0, 0.1) is 5.82 Å². The summed E-state index contributed by atoms with van der Waals surface area (Å²) in [5, 5.41) is 12.1. The number of nitrogens with zero attached hydrogens (tertiary/aromatic N) is 2. The first-order valence-corrected chi connectivity index (χ1v) is 7.94. The SMILES string of the molecule is O=C(Nc1nnc(Cc2ccccc2F)s1)c1ccc(Cl)cc1. The summed E-state index contributed by atoms with van der Waals surface area (Å²) in [7, 11) is 0. The van der Waals surface area contributed by atoms with E-state index in [1.54, 1.807) is 42.5 Å². The molecular weight excluding hydrogens is 337 g/mol. The van der Waals surface area contributed by atoms with Crippen molar-refractivity contribution in [3.05, 3.63) is 75.5 Å². The van der Waals surface area contributed by atoms with Crippen molar-refractivity contribution in [1.29, 1.82) is 0 Å². The van der Waals surface area contributed by atoms with Crippen LogP contribution in [0.4, 0.5) is 9.52 Å². The van der Waals surface area contributed by atoms with E-state index >= 15 is 0 Å². The topological polar surface area (TPSA) is 54.9 Å². The highest BCUT2D eigenvalue weighted by atomic mass is 35.5. The van der Waals surface area contributed by atoms with Gasteiger partial charge in [-0.1, -0.05) is 41.1 Å². The van der Waals surface area contributed by atoms with Crippen molar-refractivity contribution in [2.24, 2.45) is 0 Å². The van der Waals surface area contributed by atoms with E-state index in [1.165, 1.54) is 17.4 Å². The third-order valence-corrected chi connectivity index (χ3v) is 4.18. The third kappa shape index (κ3) is 3.91. The standard InChI is InChI=1S/C16H11ClFN3OS/c17-12-7-5-10(6-8-12)15(22)19-16-21-20-14(23-16)9-11-3-1-2-4-13(11)18/h1-8H,9H2,(H,19,21,22). The Balaban J connectivity index is 1.68. The lowest BCUT2D eigenvalue weighted by atomic mass is 10.1. The summed E-state index contributed by atoms with van der Waals surface area (Å²) in [5.41, 5.74) is 1.01. The molecule has 0 atom stereocenters. The van der Waals surface area contributed by atoms with E-state index in [4.69, 9.17) is 11.6 Å². The predicted molar refractivity (Wildman–Crippen MR) is 88.5 cm³/mol. The van der Waals surface area contributed by atoms with E-state index in [-0.39, 0.29) is 11.7 Å². The van der Waals surface area contributed by atoms with Crippen molar-refractivity contribution in [3.63, 3.8) is 0 Å². The lowest BCUT2D eigenvalue weighted by Crippen LogP contribution is -2.11. The van der Waals surface area contributed by atoms with Gasteiger partial charge in [0.15, 0.2) is 0 Å². The third-order valence-electron chi connectivity index (χ3n) is 3.09. The number of rotatable bonds is 4. The van der Waals surface area contributed by atoms with Gasteiger partial charge in [0.05, 0.1) is 0 Å². The first-order chi connectivity index (χ1) is 11.1. The zero-order valence-electron chi connectivity index (χ0n) is 11.8. The molecule has 0 fully saturated rings. The lowest BCUT2D eigenvalue weighted by Gasteiger charge is -2.01. The molecule has 0 spiro atoms. The largest absolute Gasteiger partial charge is 0.296 e. The molecular formula is C16H11ClFN3OS. The molecule has 0 aliphatic rings. The van der Waals surface area contributed by atoms with Crippen LogP contribution in [0.15, 0.2) is 48.5 Å². The Kier molecular flexibility index (Phi) is 4.64. The Morgan fingerprint density at radius 2 is 1.87 bits per heavy atom. The maximum absolute atomic E-state index is 13.6. The van der Waals surface area contributed by atoms with Gasteiger partial charge in [-0.2, -0.15) is 0 Å². The zero-order chi connectivity index (χ0) is 16.2. The van der Waals surface area contributed by atoms with Gasteiger partial charge in [0.1, 0.15) is 10.8 Å². The lowest BCUT2D eigenvalue weighted by molar-refractivity contribution is 0.102. The number of hydrogen-bond donors (Lipinski definition) is 1. The van der Waals surface area contributed by atoms with Crippen LogP contribution in [0.1, 0.15) is 20.9 Å². The minimum atomic E-state index is -0.296. The molecule has 4 nitrogen and oxygen atoms in total. The van der Waals surface area contributed by atoms with E-state index in [2.05, 4.69) is 15.5 Å². The van der Waals surface area contributed by atoms with E-state index in [9.17, 15) is 9.18 Å². The van der Waals surface area contributed by atoms with E-state index in [1.807, 2.05) is 0 Å². The number of carbonyl (C=O) groups excluding carboxylic acids is 1. The van der Waals surface area contributed by atoms with Crippen LogP contribution in [0.5, 0.6) is 0 Å². The van der Waals surface area contributed by atoms with Crippen molar-refractivity contribution in [2.45, 2.75) is 6.42 Å². The predicted octanol–water partition coefficient (Wildman–Crippen LogP) is 4.17. The average Bonchev–Trinajstić information content (AvgIpc) is 2.97. The number of benzene rings is 2. The van der Waals surface area contributed by atoms with Gasteiger partial charge < -0.3 is 0 Å². The van der Waals surface area contributed by atoms with Crippen LogP contribution in [0.25, 0.3) is 0 Å². The molecule has 0 radical (unpaired) electrons. The fourth-order valence-corrected chi connectivity index (χ4v) is 2.83. The molecule has 3 rings (SSSR count). The molecule has 1 aromatic heterocycles. The highest BCUT2D eigenvalue weighted by molar-refractivity contribution is 7.15. The molecule has 1 N–H and O–H groups in total. The monoisotopic (exact) mass is 347 g/mol. The van der Waals surface area contributed by atoms with Gasteiger partial charge in [-0.3, -0.25) is 10.1 Å². The minimum Gasteiger partial charge on any atom is -0.296 e. The summed E-state index contributed by atoms with van der Waals surface area (Å²) >= 11 is 7.00. The summed E-state index contributed by atoms with van der Waals surface area (Å²) < 4.78 is 13.6. The quantitative estimate of drug-likeness (QED) is 0.770. The first-order valence-electron chi connectivity index (χ1n) is 6.74. The molecule has 0 saturated carbocycles. The second-order valence-electron chi connectivity index (χ2n) is 4.73. The summed E-state index contributed by atoms with van der Waals surface area (Å²) in [4.78, 5) is 12.1. The van der Waals surface area contributed by atoms with E-state index in [0.717, 1.165) is 0 Å². The Morgan fingerprint density at radius 1 is 1.13 bits per heavy atom. The van der Waals surface area contributed by atoms with Crippen LogP contribution in [0.2, 0.25) is 5.02 Å². The number of anilines is 1. The van der Waals surface area contributed by atoms with Crippen LogP contribution < -0.4 is 5.32 Å². The normalized spacial score (nSPS) is 10.5. The molecule has 2 aromatic carbocycles. The van der Waals surface area contributed by atoms with Gasteiger partial charge in [-0.05, 0) is 35.9 Å². The average molecular weight is 348 g/mol. The highest BCUT2D eigenvalue weighted by Gasteiger charge is 2.11. The second kappa shape index (κ2) is 6.85. The summed E-state index contributed by atoms with van der Waals surface area (Å²) in [5.74, 6) is -0.579. The molecule has 0 unspecified atom stereocenters. The van der Waals surface area contributed by atoms with Gasteiger partial charge >= 0.3 is 0 Å². The summed E-state index contributed by atoms with van der Waals surface area (Å²) in [6.45, 7) is 0. The number of amides is 1. The van der Waals surface area contributed by atoms with Gasteiger partial charge in [-0.25, -0.2) is 4.39 Å². The van der Waals surface area contributed by atoms with Crippen LogP contribution >= 0.6 is 22.9 Å². The van der Waals surface area contributed by atoms with E-state index in [0.29, 0.717) is 32.7 Å². The second-order valence-corrected chi connectivity index (χ2v) is 6.23. The van der Waals surface area contributed by atoms with Crippen LogP contribution in [-0.2, 0) is 6.42 Å². The van der Waals surface area contributed by atoms with Crippen molar-refractivity contribution in [3.8, 4) is 0 Å². The van der Waals surface area contributed by atoms with Gasteiger partial charge in [-0.15, -0.1) is 10.2 Å². The van der Waals surface area contributed by atoms with Crippen molar-refractivity contribution < 1.29 is 9.18 Å². The molecule has 23 heavy (non-hydrogen) atoms. The maximum atomic E-state index is 13.6. The van der Waals surface area contributed by atoms with Gasteiger partial charge in [0.25, 0.3) is 5.91 Å². The minimum absolute atomic E-state index is 0.283. The zero-order valence-corrected chi connectivity index (χ0v) is 13.4. The molecule has 0 aliphatic carbocycles.